The second-order valence-electron chi connectivity index (χ2n) is 2.58. The molecule has 3 nitrogen and oxygen atoms in total. The summed E-state index contributed by atoms with van der Waals surface area (Å²) >= 11 is 0. The molecule has 0 saturated heterocycles. The highest BCUT2D eigenvalue weighted by atomic mass is 16.7. The van der Waals surface area contributed by atoms with Gasteiger partial charge in [-0.2, -0.15) is 5.48 Å². The van der Waals surface area contributed by atoms with Gasteiger partial charge in [0.2, 0.25) is 0 Å². The maximum Gasteiger partial charge on any atom is 0.348 e. The first kappa shape index (κ1) is 11.2. The van der Waals surface area contributed by atoms with Gasteiger partial charge in [-0.25, -0.2) is 4.79 Å². The first-order valence-corrected chi connectivity index (χ1v) is 4.37. The van der Waals surface area contributed by atoms with Gasteiger partial charge in [0.1, 0.15) is 0 Å². The summed E-state index contributed by atoms with van der Waals surface area (Å²) in [5.41, 5.74) is 2.57. The van der Waals surface area contributed by atoms with Crippen LogP contribution in [0.3, 0.4) is 0 Å². The Morgan fingerprint density at radius 2 is 2.25 bits per heavy atom. The van der Waals surface area contributed by atoms with E-state index in [9.17, 15) is 4.79 Å². The van der Waals surface area contributed by atoms with Gasteiger partial charge in [0, 0.05) is 12.6 Å². The molecule has 0 spiro atoms. The van der Waals surface area contributed by atoms with Crippen molar-refractivity contribution in [2.24, 2.45) is 0 Å². The van der Waals surface area contributed by atoms with E-state index in [0.29, 0.717) is 0 Å². The third-order valence-corrected chi connectivity index (χ3v) is 1.47. The molecule has 0 unspecified atom stereocenters. The monoisotopic (exact) mass is 171 g/mol. The predicted octanol–water partition coefficient (Wildman–Crippen LogP) is 1.80. The summed E-state index contributed by atoms with van der Waals surface area (Å²) in [5.74, 6) is -0.425. The third-order valence-electron chi connectivity index (χ3n) is 1.47. The van der Waals surface area contributed by atoms with Gasteiger partial charge >= 0.3 is 5.97 Å². The summed E-state index contributed by atoms with van der Waals surface area (Å²) in [7, 11) is 0. The van der Waals surface area contributed by atoms with E-state index < -0.39 is 5.97 Å². The molecular formula is C9H17NO2. The fourth-order valence-electron chi connectivity index (χ4n) is 0.788. The zero-order chi connectivity index (χ0) is 9.23. The first-order valence-electron chi connectivity index (χ1n) is 4.37. The Hall–Kier alpha value is -0.830. The summed E-state index contributed by atoms with van der Waals surface area (Å²) in [4.78, 5) is 15.1. The van der Waals surface area contributed by atoms with Crippen molar-refractivity contribution < 1.29 is 9.63 Å². The number of nitrogens with one attached hydrogen (secondary N) is 1. The maximum absolute atomic E-state index is 10.5. The number of hydroxylamine groups is 1. The predicted molar refractivity (Wildman–Crippen MR) is 48.4 cm³/mol. The molecule has 0 aromatic rings. The Kier molecular flexibility index (Phi) is 7.70. The number of unbranched alkanes of at least 4 members (excludes halogenated alkanes) is 3. The smallest absolute Gasteiger partial charge is 0.348 e. The number of carbonyl (C=O) groups excluding carboxylic acids is 1. The highest BCUT2D eigenvalue weighted by Crippen LogP contribution is 1.96. The minimum absolute atomic E-state index is 0.425. The average molecular weight is 171 g/mol. The fraction of sp³-hybridized carbons (Fsp3) is 0.667. The lowest BCUT2D eigenvalue weighted by Gasteiger charge is -2.02. The molecule has 0 rings (SSSR count). The molecule has 0 bridgehead atoms. The molecule has 0 aromatic carbocycles. The molecule has 0 amide bonds. The number of hydrogen-bond donors (Lipinski definition) is 1. The normalized spacial score (nSPS) is 9.42. The topological polar surface area (TPSA) is 38.3 Å². The van der Waals surface area contributed by atoms with Crippen LogP contribution in [0.2, 0.25) is 0 Å². The minimum atomic E-state index is -0.425. The molecule has 70 valence electrons. The molecule has 0 radical (unpaired) electrons. The summed E-state index contributed by atoms with van der Waals surface area (Å²) in [5, 5.41) is 0. The van der Waals surface area contributed by atoms with E-state index in [1.807, 2.05) is 0 Å². The van der Waals surface area contributed by atoms with Gasteiger partial charge < -0.3 is 4.84 Å². The summed E-state index contributed by atoms with van der Waals surface area (Å²) < 4.78 is 0. The molecule has 0 heterocycles. The fourth-order valence-corrected chi connectivity index (χ4v) is 0.788. The van der Waals surface area contributed by atoms with Crippen molar-refractivity contribution >= 4 is 5.97 Å². The number of hydrogen-bond acceptors (Lipinski definition) is 3. The molecule has 3 heteroatoms. The molecular weight excluding hydrogens is 154 g/mol. The van der Waals surface area contributed by atoms with Crippen LogP contribution in [0.5, 0.6) is 0 Å². The van der Waals surface area contributed by atoms with Crippen LogP contribution in [0.4, 0.5) is 0 Å². The number of rotatable bonds is 7. The Morgan fingerprint density at radius 3 is 2.83 bits per heavy atom. The van der Waals surface area contributed by atoms with Crippen LogP contribution in [-0.4, -0.2) is 12.5 Å². The first-order chi connectivity index (χ1) is 5.81. The molecule has 0 saturated carbocycles. The summed E-state index contributed by atoms with van der Waals surface area (Å²) in [6.07, 6.45) is 5.80. The van der Waals surface area contributed by atoms with Gasteiger partial charge in [0.15, 0.2) is 0 Å². The lowest BCUT2D eigenvalue weighted by atomic mass is 10.2. The Morgan fingerprint density at radius 1 is 1.50 bits per heavy atom. The van der Waals surface area contributed by atoms with Crippen molar-refractivity contribution in [3.63, 3.8) is 0 Å². The number of carbonyl (C=O) groups is 1. The standard InChI is InChI=1S/C9H17NO2/c1-3-5-6-7-8-10-12-9(11)4-2/h4,10H,2-3,5-8H2,1H3. The maximum atomic E-state index is 10.5. The molecule has 0 aromatic heterocycles. The zero-order valence-corrected chi connectivity index (χ0v) is 7.64. The molecule has 0 aliphatic heterocycles. The largest absolute Gasteiger partial charge is 0.367 e. The highest BCUT2D eigenvalue weighted by molar-refractivity contribution is 5.80. The van der Waals surface area contributed by atoms with E-state index in [1.54, 1.807) is 0 Å². The lowest BCUT2D eigenvalue weighted by Crippen LogP contribution is -2.19. The third kappa shape index (κ3) is 7.28. The van der Waals surface area contributed by atoms with E-state index in [1.165, 1.54) is 19.3 Å². The van der Waals surface area contributed by atoms with Gasteiger partial charge in [-0.3, -0.25) is 0 Å². The van der Waals surface area contributed by atoms with Crippen LogP contribution in [0.1, 0.15) is 32.6 Å². The molecule has 0 aliphatic carbocycles. The molecule has 1 N–H and O–H groups in total. The molecule has 0 atom stereocenters. The second-order valence-corrected chi connectivity index (χ2v) is 2.58. The SMILES string of the molecule is C=CC(=O)ONCCCCCC. The Labute approximate surface area is 73.7 Å². The summed E-state index contributed by atoms with van der Waals surface area (Å²) in [6, 6.07) is 0. The van der Waals surface area contributed by atoms with E-state index in [4.69, 9.17) is 0 Å². The van der Waals surface area contributed by atoms with Gasteiger partial charge in [-0.1, -0.05) is 32.8 Å². The van der Waals surface area contributed by atoms with Gasteiger partial charge in [-0.15, -0.1) is 0 Å². The van der Waals surface area contributed by atoms with Crippen LogP contribution in [0.15, 0.2) is 12.7 Å². The van der Waals surface area contributed by atoms with Gasteiger partial charge in [0.05, 0.1) is 0 Å². The Balaban J connectivity index is 3.00. The second kappa shape index (κ2) is 8.27. The van der Waals surface area contributed by atoms with E-state index in [2.05, 4.69) is 23.8 Å². The van der Waals surface area contributed by atoms with Crippen molar-refractivity contribution in [1.29, 1.82) is 0 Å². The molecule has 0 fully saturated rings. The Bertz CT molecular complexity index is 134. The molecule has 0 aliphatic rings. The average Bonchev–Trinajstić information content (AvgIpc) is 2.10. The summed E-state index contributed by atoms with van der Waals surface area (Å²) in [6.45, 7) is 6.15. The van der Waals surface area contributed by atoms with Crippen LogP contribution >= 0.6 is 0 Å². The lowest BCUT2D eigenvalue weighted by molar-refractivity contribution is -0.144. The minimum Gasteiger partial charge on any atom is -0.367 e. The van der Waals surface area contributed by atoms with Gasteiger partial charge in [-0.05, 0) is 6.42 Å². The van der Waals surface area contributed by atoms with Gasteiger partial charge in [0.25, 0.3) is 0 Å². The van der Waals surface area contributed by atoms with Crippen molar-refractivity contribution in [2.45, 2.75) is 32.6 Å². The quantitative estimate of drug-likeness (QED) is 0.360. The van der Waals surface area contributed by atoms with E-state index >= 15 is 0 Å². The van der Waals surface area contributed by atoms with Crippen LogP contribution < -0.4 is 5.48 Å². The van der Waals surface area contributed by atoms with Crippen molar-refractivity contribution in [3.8, 4) is 0 Å². The van der Waals surface area contributed by atoms with E-state index in [0.717, 1.165) is 19.0 Å². The van der Waals surface area contributed by atoms with Crippen molar-refractivity contribution in [1.82, 2.24) is 5.48 Å². The van der Waals surface area contributed by atoms with Crippen LogP contribution in [0, 0.1) is 0 Å². The van der Waals surface area contributed by atoms with Crippen molar-refractivity contribution in [3.05, 3.63) is 12.7 Å². The molecule has 12 heavy (non-hydrogen) atoms. The van der Waals surface area contributed by atoms with Crippen molar-refractivity contribution in [2.75, 3.05) is 6.54 Å². The van der Waals surface area contributed by atoms with E-state index in [-0.39, 0.29) is 0 Å². The highest BCUT2D eigenvalue weighted by Gasteiger charge is 1.93. The van der Waals surface area contributed by atoms with Crippen LogP contribution in [0.25, 0.3) is 0 Å². The van der Waals surface area contributed by atoms with Crippen LogP contribution in [-0.2, 0) is 9.63 Å². The zero-order valence-electron chi connectivity index (χ0n) is 7.64.